The highest BCUT2D eigenvalue weighted by Crippen LogP contribution is 2.39. The van der Waals surface area contributed by atoms with E-state index in [9.17, 15) is 5.11 Å². The molecule has 1 aromatic heterocycles. The van der Waals surface area contributed by atoms with Gasteiger partial charge in [0.2, 0.25) is 0 Å². The summed E-state index contributed by atoms with van der Waals surface area (Å²) in [7, 11) is 3.50. The number of fused-ring (bicyclic) bond motifs is 1. The summed E-state index contributed by atoms with van der Waals surface area (Å²) < 4.78 is 5.13. The van der Waals surface area contributed by atoms with Gasteiger partial charge in [0.05, 0.1) is 6.10 Å². The first kappa shape index (κ1) is 13.6. The van der Waals surface area contributed by atoms with Gasteiger partial charge in [-0.1, -0.05) is 0 Å². The summed E-state index contributed by atoms with van der Waals surface area (Å²) in [5.74, 6) is 3.42. The molecule has 6 nitrogen and oxygen atoms in total. The molecule has 0 aromatic carbocycles. The van der Waals surface area contributed by atoms with Crippen LogP contribution in [0.1, 0.15) is 18.7 Å². The van der Waals surface area contributed by atoms with Crippen molar-refractivity contribution in [2.45, 2.75) is 25.6 Å². The number of aliphatic hydroxyl groups excluding tert-OH is 1. The summed E-state index contributed by atoms with van der Waals surface area (Å²) in [4.78, 5) is 11.2. The quantitative estimate of drug-likeness (QED) is 0.851. The average molecular weight is 278 g/mol. The van der Waals surface area contributed by atoms with Crippen molar-refractivity contribution in [1.29, 1.82) is 0 Å². The monoisotopic (exact) mass is 278 g/mol. The average Bonchev–Trinajstić information content (AvgIpc) is 3.01. The first-order valence-electron chi connectivity index (χ1n) is 7.19. The molecule has 0 amide bonds. The fourth-order valence-corrected chi connectivity index (χ4v) is 3.39. The summed E-state index contributed by atoms with van der Waals surface area (Å²) >= 11 is 0. The van der Waals surface area contributed by atoms with E-state index in [4.69, 9.17) is 4.74 Å². The molecule has 1 saturated carbocycles. The number of anilines is 2. The molecule has 0 spiro atoms. The van der Waals surface area contributed by atoms with Gasteiger partial charge in [0, 0.05) is 39.2 Å². The number of methoxy groups -OCH3 is 1. The van der Waals surface area contributed by atoms with Crippen molar-refractivity contribution < 1.29 is 9.84 Å². The van der Waals surface area contributed by atoms with Gasteiger partial charge in [-0.2, -0.15) is 0 Å². The second kappa shape index (κ2) is 5.54. The molecule has 2 aliphatic rings. The van der Waals surface area contributed by atoms with E-state index in [-0.39, 0.29) is 6.10 Å². The number of aromatic nitrogens is 2. The number of nitrogens with zero attached hydrogens (tertiary/aromatic N) is 3. The molecule has 110 valence electrons. The molecule has 2 fully saturated rings. The zero-order valence-electron chi connectivity index (χ0n) is 12.0. The molecule has 3 rings (SSSR count). The normalized spacial score (nSPS) is 28.8. The van der Waals surface area contributed by atoms with Crippen LogP contribution in [0.2, 0.25) is 0 Å². The number of nitrogens with one attached hydrogen (secondary N) is 1. The molecule has 1 aromatic rings. The predicted molar refractivity (Wildman–Crippen MR) is 76.7 cm³/mol. The van der Waals surface area contributed by atoms with E-state index in [0.717, 1.165) is 37.6 Å². The Hall–Kier alpha value is -1.40. The minimum absolute atomic E-state index is 0.144. The highest BCUT2D eigenvalue weighted by molar-refractivity contribution is 5.50. The minimum atomic E-state index is -0.144. The van der Waals surface area contributed by atoms with Crippen molar-refractivity contribution in [3.05, 3.63) is 11.9 Å². The van der Waals surface area contributed by atoms with E-state index in [2.05, 4.69) is 20.2 Å². The lowest BCUT2D eigenvalue weighted by Crippen LogP contribution is -2.25. The van der Waals surface area contributed by atoms with Crippen molar-refractivity contribution >= 4 is 11.6 Å². The summed E-state index contributed by atoms with van der Waals surface area (Å²) in [6.45, 7) is 2.28. The Balaban J connectivity index is 1.81. The summed E-state index contributed by atoms with van der Waals surface area (Å²) in [5.41, 5.74) is 0. The van der Waals surface area contributed by atoms with Crippen molar-refractivity contribution in [3.63, 3.8) is 0 Å². The van der Waals surface area contributed by atoms with Crippen LogP contribution in [0.25, 0.3) is 0 Å². The summed E-state index contributed by atoms with van der Waals surface area (Å²) in [6, 6.07) is 1.96. The topological polar surface area (TPSA) is 70.5 Å². The smallest absolute Gasteiger partial charge is 0.158 e. The number of hydrogen-bond donors (Lipinski definition) is 2. The largest absolute Gasteiger partial charge is 0.393 e. The fourth-order valence-electron chi connectivity index (χ4n) is 3.39. The van der Waals surface area contributed by atoms with Crippen LogP contribution in [0.15, 0.2) is 6.07 Å². The molecule has 1 aliphatic carbocycles. The van der Waals surface area contributed by atoms with E-state index >= 15 is 0 Å². The van der Waals surface area contributed by atoms with Gasteiger partial charge < -0.3 is 20.1 Å². The van der Waals surface area contributed by atoms with Crippen LogP contribution in [-0.2, 0) is 11.3 Å². The Kier molecular flexibility index (Phi) is 3.76. The van der Waals surface area contributed by atoms with Crippen LogP contribution in [0.3, 0.4) is 0 Å². The molecular weight excluding hydrogens is 256 g/mol. The van der Waals surface area contributed by atoms with Gasteiger partial charge >= 0.3 is 0 Å². The molecule has 2 N–H and O–H groups in total. The van der Waals surface area contributed by atoms with E-state index in [1.54, 1.807) is 7.11 Å². The summed E-state index contributed by atoms with van der Waals surface area (Å²) in [6.07, 6.45) is 1.93. The fraction of sp³-hybridized carbons (Fsp3) is 0.714. The number of rotatable bonds is 4. The Labute approximate surface area is 119 Å². The third kappa shape index (κ3) is 2.45. The Morgan fingerprint density at radius 3 is 2.95 bits per heavy atom. The first-order valence-corrected chi connectivity index (χ1v) is 7.19. The Morgan fingerprint density at radius 2 is 2.25 bits per heavy atom. The van der Waals surface area contributed by atoms with Gasteiger partial charge in [0.25, 0.3) is 0 Å². The second-order valence-corrected chi connectivity index (χ2v) is 5.68. The van der Waals surface area contributed by atoms with Gasteiger partial charge in [-0.05, 0) is 18.8 Å². The lowest BCUT2D eigenvalue weighted by atomic mass is 10.00. The van der Waals surface area contributed by atoms with Crippen molar-refractivity contribution in [2.75, 3.05) is 37.5 Å². The molecule has 3 unspecified atom stereocenters. The third-order valence-electron chi connectivity index (χ3n) is 4.43. The molecule has 0 bridgehead atoms. The Morgan fingerprint density at radius 1 is 1.40 bits per heavy atom. The van der Waals surface area contributed by atoms with Gasteiger partial charge in [-0.3, -0.25) is 0 Å². The second-order valence-electron chi connectivity index (χ2n) is 5.68. The minimum Gasteiger partial charge on any atom is -0.393 e. The molecule has 1 saturated heterocycles. The van der Waals surface area contributed by atoms with Crippen LogP contribution < -0.4 is 10.2 Å². The van der Waals surface area contributed by atoms with Gasteiger partial charge in [0.15, 0.2) is 5.82 Å². The van der Waals surface area contributed by atoms with Crippen LogP contribution in [-0.4, -0.2) is 48.4 Å². The molecule has 6 heteroatoms. The van der Waals surface area contributed by atoms with Crippen molar-refractivity contribution in [1.82, 2.24) is 9.97 Å². The standard InChI is InChI=1S/C14H22N4O2/c1-15-12-5-14(17-13(16-12)8-20-2)18-6-9-3-4-11(19)10(9)7-18/h5,9-11,19H,3-4,6-8H2,1-2H3,(H,15,16,17). The van der Waals surface area contributed by atoms with Crippen molar-refractivity contribution in [3.8, 4) is 0 Å². The molecule has 1 aliphatic heterocycles. The highest BCUT2D eigenvalue weighted by atomic mass is 16.5. The zero-order chi connectivity index (χ0) is 14.1. The maximum absolute atomic E-state index is 10.0. The lowest BCUT2D eigenvalue weighted by molar-refractivity contribution is 0.133. The first-order chi connectivity index (χ1) is 9.71. The highest BCUT2D eigenvalue weighted by Gasteiger charge is 2.42. The van der Waals surface area contributed by atoms with Crippen LogP contribution in [0.4, 0.5) is 11.6 Å². The zero-order valence-corrected chi connectivity index (χ0v) is 12.0. The Bertz CT molecular complexity index is 482. The van der Waals surface area contributed by atoms with Crippen LogP contribution in [0, 0.1) is 11.8 Å². The van der Waals surface area contributed by atoms with Gasteiger partial charge in [-0.15, -0.1) is 0 Å². The van der Waals surface area contributed by atoms with Crippen LogP contribution >= 0.6 is 0 Å². The van der Waals surface area contributed by atoms with Gasteiger partial charge in [0.1, 0.15) is 18.2 Å². The SMILES string of the molecule is CNc1cc(N2CC3CCC(O)C3C2)nc(COC)n1. The molecule has 20 heavy (non-hydrogen) atoms. The molecule has 3 atom stereocenters. The van der Waals surface area contributed by atoms with Gasteiger partial charge in [-0.25, -0.2) is 9.97 Å². The number of aliphatic hydroxyl groups is 1. The molecule has 2 heterocycles. The van der Waals surface area contributed by atoms with E-state index < -0.39 is 0 Å². The maximum atomic E-state index is 10.0. The lowest BCUT2D eigenvalue weighted by Gasteiger charge is -2.20. The number of ether oxygens (including phenoxy) is 1. The van der Waals surface area contributed by atoms with E-state index in [0.29, 0.717) is 24.3 Å². The van der Waals surface area contributed by atoms with E-state index in [1.807, 2.05) is 13.1 Å². The molecule has 0 radical (unpaired) electrons. The number of hydrogen-bond acceptors (Lipinski definition) is 6. The predicted octanol–water partition coefficient (Wildman–Crippen LogP) is 0.872. The summed E-state index contributed by atoms with van der Waals surface area (Å²) in [5, 5.41) is 13.1. The third-order valence-corrected chi connectivity index (χ3v) is 4.43. The van der Waals surface area contributed by atoms with Crippen LogP contribution in [0.5, 0.6) is 0 Å². The maximum Gasteiger partial charge on any atom is 0.158 e. The van der Waals surface area contributed by atoms with E-state index in [1.165, 1.54) is 0 Å². The molecular formula is C14H22N4O2. The van der Waals surface area contributed by atoms with Crippen molar-refractivity contribution in [2.24, 2.45) is 11.8 Å².